The zero-order chi connectivity index (χ0) is 22.9. The second-order valence-electron chi connectivity index (χ2n) is 7.26. The monoisotopic (exact) mass is 447 g/mol. The van der Waals surface area contributed by atoms with E-state index in [4.69, 9.17) is 4.74 Å². The number of benzene rings is 2. The van der Waals surface area contributed by atoms with Crippen LogP contribution in [0.2, 0.25) is 0 Å². The number of nitrogens with zero attached hydrogens (tertiary/aromatic N) is 2. The van der Waals surface area contributed by atoms with Crippen molar-refractivity contribution in [3.8, 4) is 5.75 Å². The van der Waals surface area contributed by atoms with Crippen LogP contribution in [0.3, 0.4) is 0 Å². The van der Waals surface area contributed by atoms with Crippen LogP contribution >= 0.6 is 0 Å². The van der Waals surface area contributed by atoms with Crippen molar-refractivity contribution in [2.24, 2.45) is 0 Å². The number of sulfonamides is 1. The molecule has 0 aliphatic carbocycles. The van der Waals surface area contributed by atoms with Crippen LogP contribution in [0.25, 0.3) is 0 Å². The van der Waals surface area contributed by atoms with Crippen LogP contribution in [0.5, 0.6) is 5.75 Å². The van der Waals surface area contributed by atoms with Crippen molar-refractivity contribution >= 4 is 27.3 Å². The topological polar surface area (TPSA) is 79.0 Å². The molecule has 0 saturated heterocycles. The Morgan fingerprint density at radius 3 is 2.29 bits per heavy atom. The third-order valence-corrected chi connectivity index (χ3v) is 6.26. The zero-order valence-corrected chi connectivity index (χ0v) is 19.6. The smallest absolute Gasteiger partial charge is 0.232 e. The number of hydrogen-bond acceptors (Lipinski definition) is 5. The van der Waals surface area contributed by atoms with E-state index >= 15 is 0 Å². The molecule has 0 spiro atoms. The van der Waals surface area contributed by atoms with Crippen molar-refractivity contribution in [2.75, 3.05) is 42.2 Å². The van der Waals surface area contributed by atoms with Gasteiger partial charge < -0.3 is 15.0 Å². The van der Waals surface area contributed by atoms with Gasteiger partial charge in [0.15, 0.2) is 0 Å². The first-order valence-electron chi connectivity index (χ1n) is 10.5. The number of carbonyl (C=O) groups is 1. The van der Waals surface area contributed by atoms with Crippen LogP contribution in [-0.4, -0.2) is 47.3 Å². The molecular formula is C23H33N3O4S. The van der Waals surface area contributed by atoms with Gasteiger partial charge in [-0.3, -0.25) is 9.10 Å². The molecule has 2 aromatic rings. The van der Waals surface area contributed by atoms with Crippen molar-refractivity contribution in [3.05, 3.63) is 54.1 Å². The molecule has 0 radical (unpaired) electrons. The lowest BCUT2D eigenvalue weighted by molar-refractivity contribution is -0.121. The van der Waals surface area contributed by atoms with Gasteiger partial charge >= 0.3 is 0 Å². The van der Waals surface area contributed by atoms with E-state index in [1.54, 1.807) is 24.3 Å². The second-order valence-corrected chi connectivity index (χ2v) is 9.16. The predicted molar refractivity (Wildman–Crippen MR) is 126 cm³/mol. The molecule has 0 aromatic heterocycles. The first-order chi connectivity index (χ1) is 14.8. The van der Waals surface area contributed by atoms with Crippen LogP contribution in [0.4, 0.5) is 11.4 Å². The summed E-state index contributed by atoms with van der Waals surface area (Å²) < 4.78 is 30.9. The van der Waals surface area contributed by atoms with Crippen molar-refractivity contribution in [1.29, 1.82) is 0 Å². The summed E-state index contributed by atoms with van der Waals surface area (Å²) in [6.07, 6.45) is 1.82. The summed E-state index contributed by atoms with van der Waals surface area (Å²) >= 11 is 0. The molecule has 7 nitrogen and oxygen atoms in total. The molecular weight excluding hydrogens is 414 g/mol. The lowest BCUT2D eigenvalue weighted by atomic mass is 10.2. The molecule has 170 valence electrons. The van der Waals surface area contributed by atoms with Gasteiger partial charge in [0.05, 0.1) is 19.1 Å². The summed E-state index contributed by atoms with van der Waals surface area (Å²) in [5, 5.41) is 2.91. The first-order valence-corrected chi connectivity index (χ1v) is 12.4. The van der Waals surface area contributed by atoms with Crippen LogP contribution in [0, 0.1) is 0 Å². The third-order valence-electron chi connectivity index (χ3n) is 5.06. The molecule has 0 bridgehead atoms. The van der Waals surface area contributed by atoms with E-state index in [-0.39, 0.29) is 18.9 Å². The SMILES string of the molecule is CCN(CC)c1ccc(CNC(=O)CCCN(c2cccc(OC)c2)S(C)(=O)=O)cc1. The average Bonchev–Trinajstić information content (AvgIpc) is 2.76. The third kappa shape index (κ3) is 7.47. The van der Waals surface area contributed by atoms with E-state index in [2.05, 4.69) is 36.2 Å². The lowest BCUT2D eigenvalue weighted by Crippen LogP contribution is -2.32. The molecule has 0 atom stereocenters. The molecule has 2 rings (SSSR count). The van der Waals surface area contributed by atoms with E-state index in [1.165, 1.54) is 17.1 Å². The van der Waals surface area contributed by atoms with E-state index in [0.717, 1.165) is 24.9 Å². The number of anilines is 2. The normalized spacial score (nSPS) is 11.1. The van der Waals surface area contributed by atoms with Gasteiger partial charge in [0, 0.05) is 44.4 Å². The van der Waals surface area contributed by atoms with Gasteiger partial charge in [-0.2, -0.15) is 0 Å². The van der Waals surface area contributed by atoms with E-state index in [0.29, 0.717) is 24.4 Å². The molecule has 8 heteroatoms. The first kappa shape index (κ1) is 24.5. The maximum Gasteiger partial charge on any atom is 0.232 e. The highest BCUT2D eigenvalue weighted by Crippen LogP contribution is 2.23. The minimum atomic E-state index is -3.47. The summed E-state index contributed by atoms with van der Waals surface area (Å²) in [5.41, 5.74) is 2.72. The Morgan fingerprint density at radius 2 is 1.71 bits per heavy atom. The van der Waals surface area contributed by atoms with Crippen LogP contribution in [0.1, 0.15) is 32.3 Å². The van der Waals surface area contributed by atoms with Gasteiger partial charge in [-0.05, 0) is 50.1 Å². The molecule has 0 unspecified atom stereocenters. The molecule has 0 aliphatic rings. The molecule has 31 heavy (non-hydrogen) atoms. The fraction of sp³-hybridized carbons (Fsp3) is 0.435. The maximum atomic E-state index is 12.2. The zero-order valence-electron chi connectivity index (χ0n) is 18.8. The fourth-order valence-corrected chi connectivity index (χ4v) is 4.29. The quantitative estimate of drug-likeness (QED) is 0.539. The molecule has 0 heterocycles. The largest absolute Gasteiger partial charge is 0.497 e. The van der Waals surface area contributed by atoms with Gasteiger partial charge in [-0.25, -0.2) is 8.42 Å². The standard InChI is InChI=1S/C23H33N3O4S/c1-5-25(6-2)20-14-12-19(13-15-20)18-24-23(27)11-8-16-26(31(4,28)29)21-9-7-10-22(17-21)30-3/h7,9-10,12-15,17H,5-6,8,11,16,18H2,1-4H3,(H,24,27). The van der Waals surface area contributed by atoms with Crippen molar-refractivity contribution < 1.29 is 17.9 Å². The molecule has 1 amide bonds. The highest BCUT2D eigenvalue weighted by atomic mass is 32.2. The second kappa shape index (κ2) is 11.6. The highest BCUT2D eigenvalue weighted by molar-refractivity contribution is 7.92. The number of ether oxygens (including phenoxy) is 1. The number of hydrogen-bond donors (Lipinski definition) is 1. The Hall–Kier alpha value is -2.74. The van der Waals surface area contributed by atoms with Crippen molar-refractivity contribution in [3.63, 3.8) is 0 Å². The van der Waals surface area contributed by atoms with E-state index in [1.807, 2.05) is 12.1 Å². The van der Waals surface area contributed by atoms with Crippen LogP contribution < -0.4 is 19.3 Å². The maximum absolute atomic E-state index is 12.2. The summed E-state index contributed by atoms with van der Waals surface area (Å²) in [6, 6.07) is 15.0. The van der Waals surface area contributed by atoms with Gasteiger partial charge in [0.1, 0.15) is 5.75 Å². The summed E-state index contributed by atoms with van der Waals surface area (Å²) in [4.78, 5) is 14.5. The fourth-order valence-electron chi connectivity index (χ4n) is 3.34. The minimum Gasteiger partial charge on any atom is -0.497 e. The van der Waals surface area contributed by atoms with Gasteiger partial charge in [-0.15, -0.1) is 0 Å². The molecule has 1 N–H and O–H groups in total. The predicted octanol–water partition coefficient (Wildman–Crippen LogP) is 3.40. The van der Waals surface area contributed by atoms with Crippen molar-refractivity contribution in [2.45, 2.75) is 33.2 Å². The number of carbonyl (C=O) groups excluding carboxylic acids is 1. The summed E-state index contributed by atoms with van der Waals surface area (Å²) in [7, 11) is -1.94. The van der Waals surface area contributed by atoms with Crippen LogP contribution in [0.15, 0.2) is 48.5 Å². The Balaban J connectivity index is 1.87. The lowest BCUT2D eigenvalue weighted by Gasteiger charge is -2.22. The molecule has 2 aromatic carbocycles. The average molecular weight is 448 g/mol. The van der Waals surface area contributed by atoms with Crippen molar-refractivity contribution in [1.82, 2.24) is 5.32 Å². The van der Waals surface area contributed by atoms with E-state index in [9.17, 15) is 13.2 Å². The number of rotatable bonds is 12. The molecule has 0 saturated carbocycles. The molecule has 0 aliphatic heterocycles. The Bertz CT molecular complexity index is 942. The minimum absolute atomic E-state index is 0.105. The van der Waals surface area contributed by atoms with Gasteiger partial charge in [0.2, 0.25) is 15.9 Å². The van der Waals surface area contributed by atoms with Crippen LogP contribution in [-0.2, 0) is 21.4 Å². The number of methoxy groups -OCH3 is 1. The van der Waals surface area contributed by atoms with Gasteiger partial charge in [0.25, 0.3) is 0 Å². The highest BCUT2D eigenvalue weighted by Gasteiger charge is 2.18. The number of nitrogens with one attached hydrogen (secondary N) is 1. The van der Waals surface area contributed by atoms with Gasteiger partial charge in [-0.1, -0.05) is 18.2 Å². The summed E-state index contributed by atoms with van der Waals surface area (Å²) in [6.45, 7) is 6.81. The Morgan fingerprint density at radius 1 is 1.03 bits per heavy atom. The summed E-state index contributed by atoms with van der Waals surface area (Å²) in [5.74, 6) is 0.475. The van der Waals surface area contributed by atoms with E-state index < -0.39 is 10.0 Å². The Kier molecular flexibility index (Phi) is 9.18. The number of amides is 1. The molecule has 0 fully saturated rings. The Labute approximate surface area is 186 Å².